The average Bonchev–Trinajstić information content (AvgIpc) is 3.53. The fraction of sp³-hybridized carbons (Fsp3) is 0.0800. The highest BCUT2D eigenvalue weighted by atomic mass is 32.2. The number of H-pyrrole nitrogens is 1. The number of fused-ring (bicyclic) bond motifs is 1. The zero-order valence-electron chi connectivity index (χ0n) is 19.0. The molecule has 0 atom stereocenters. The molecule has 36 heavy (non-hydrogen) atoms. The molecule has 0 saturated heterocycles. The molecule has 0 aliphatic heterocycles. The van der Waals surface area contributed by atoms with E-state index >= 15 is 0 Å². The topological polar surface area (TPSA) is 105 Å². The van der Waals surface area contributed by atoms with Gasteiger partial charge in [-0.05, 0) is 60.3 Å². The van der Waals surface area contributed by atoms with E-state index in [4.69, 9.17) is 4.74 Å². The van der Waals surface area contributed by atoms with E-state index in [1.54, 1.807) is 55.6 Å². The second kappa shape index (κ2) is 10.1. The van der Waals surface area contributed by atoms with E-state index in [1.165, 1.54) is 15.3 Å². The number of benzene rings is 3. The number of methoxy groups -OCH3 is 1. The summed E-state index contributed by atoms with van der Waals surface area (Å²) >= 11 is 2.43. The van der Waals surface area contributed by atoms with E-state index in [0.717, 1.165) is 28.8 Å². The molecular formula is C25H21N4O4S3+. The summed E-state index contributed by atoms with van der Waals surface area (Å²) in [6, 6.07) is 22.8. The van der Waals surface area contributed by atoms with E-state index in [2.05, 4.69) is 15.3 Å². The highest BCUT2D eigenvalue weighted by Gasteiger charge is 2.32. The third kappa shape index (κ3) is 4.85. The Labute approximate surface area is 216 Å². The van der Waals surface area contributed by atoms with Gasteiger partial charge in [0, 0.05) is 10.9 Å². The Morgan fingerprint density at radius 1 is 1.06 bits per heavy atom. The molecule has 1 amide bonds. The molecule has 0 spiro atoms. The van der Waals surface area contributed by atoms with Crippen LogP contribution in [0, 0.1) is 0 Å². The van der Waals surface area contributed by atoms with Gasteiger partial charge in [-0.3, -0.25) is 4.79 Å². The third-order valence-electron chi connectivity index (χ3n) is 5.31. The van der Waals surface area contributed by atoms with Crippen molar-refractivity contribution >= 4 is 55.2 Å². The van der Waals surface area contributed by atoms with Crippen LogP contribution in [0.2, 0.25) is 0 Å². The number of aromatic amines is 1. The summed E-state index contributed by atoms with van der Waals surface area (Å²) in [5.41, 5.74) is 2.82. The molecule has 0 aliphatic carbocycles. The van der Waals surface area contributed by atoms with Crippen LogP contribution in [-0.4, -0.2) is 37.2 Å². The minimum Gasteiger partial charge on any atom is -0.497 e. The lowest BCUT2D eigenvalue weighted by Crippen LogP contribution is -2.44. The first-order chi connectivity index (χ1) is 17.5. The molecule has 2 N–H and O–H groups in total. The maximum absolute atomic E-state index is 13.5. The van der Waals surface area contributed by atoms with Gasteiger partial charge in [0.15, 0.2) is 16.2 Å². The van der Waals surface area contributed by atoms with Gasteiger partial charge in [-0.25, -0.2) is 9.97 Å². The standard InChI is InChI=1S/C25H20N4O4S3/c1-33-18-13-11-17(12-14-18)21-15-34-24(26-21)28-23(30)16-35-25-27-20-9-5-6-10-22(20)29(25)36(31,32)19-7-3-2-4-8-19/h2-15H,16H2,1H3,(H,26,28,30)/p+1. The highest BCUT2D eigenvalue weighted by Crippen LogP contribution is 2.27. The van der Waals surface area contributed by atoms with Crippen molar-refractivity contribution in [3.8, 4) is 17.0 Å². The molecule has 0 saturated carbocycles. The predicted molar refractivity (Wildman–Crippen MR) is 141 cm³/mol. The number of imidazole rings is 1. The van der Waals surface area contributed by atoms with Crippen LogP contribution in [0.3, 0.4) is 0 Å². The molecule has 0 bridgehead atoms. The number of hydrogen-bond acceptors (Lipinski definition) is 7. The fourth-order valence-corrected chi connectivity index (χ4v) is 6.90. The van der Waals surface area contributed by atoms with Gasteiger partial charge in [0.2, 0.25) is 5.91 Å². The number of thioether (sulfide) groups is 1. The van der Waals surface area contributed by atoms with Crippen molar-refractivity contribution in [3.05, 3.63) is 84.2 Å². The lowest BCUT2D eigenvalue weighted by molar-refractivity contribution is -0.526. The van der Waals surface area contributed by atoms with Gasteiger partial charge in [0.25, 0.3) is 0 Å². The largest absolute Gasteiger partial charge is 0.497 e. The second-order valence-corrected chi connectivity index (χ2v) is 11.2. The van der Waals surface area contributed by atoms with Crippen LogP contribution in [0.15, 0.2) is 94.3 Å². The lowest BCUT2D eigenvalue weighted by atomic mass is 10.2. The Morgan fingerprint density at radius 2 is 1.78 bits per heavy atom. The monoisotopic (exact) mass is 537 g/mol. The molecule has 2 heterocycles. The van der Waals surface area contributed by atoms with Crippen molar-refractivity contribution in [2.45, 2.75) is 10.1 Å². The summed E-state index contributed by atoms with van der Waals surface area (Å²) in [5.74, 6) is 0.454. The summed E-state index contributed by atoms with van der Waals surface area (Å²) in [5, 5.41) is 5.47. The van der Waals surface area contributed by atoms with Gasteiger partial charge in [-0.2, -0.15) is 8.42 Å². The molecule has 0 aliphatic rings. The Kier molecular flexibility index (Phi) is 6.77. The number of anilines is 1. The molecule has 2 aromatic heterocycles. The zero-order chi connectivity index (χ0) is 25.1. The zero-order valence-corrected chi connectivity index (χ0v) is 21.5. The van der Waals surface area contributed by atoms with Crippen LogP contribution >= 0.6 is 23.1 Å². The van der Waals surface area contributed by atoms with Crippen LogP contribution in [0.25, 0.3) is 22.3 Å². The molecule has 8 nitrogen and oxygen atoms in total. The maximum atomic E-state index is 13.5. The van der Waals surface area contributed by atoms with E-state index < -0.39 is 10.0 Å². The van der Waals surface area contributed by atoms with Crippen LogP contribution in [0.5, 0.6) is 5.75 Å². The number of rotatable bonds is 8. The van der Waals surface area contributed by atoms with Gasteiger partial charge in [0.1, 0.15) is 10.6 Å². The Bertz CT molecular complexity index is 1630. The smallest absolute Gasteiger partial charge is 0.336 e. The quantitative estimate of drug-likeness (QED) is 0.222. The molecule has 0 radical (unpaired) electrons. The van der Waals surface area contributed by atoms with E-state index in [-0.39, 0.29) is 16.6 Å². The molecule has 5 aromatic rings. The summed E-state index contributed by atoms with van der Waals surface area (Å²) in [7, 11) is -2.27. The average molecular weight is 538 g/mol. The molecule has 3 aromatic carbocycles. The number of nitrogens with one attached hydrogen (secondary N) is 2. The maximum Gasteiger partial charge on any atom is 0.336 e. The number of nitrogens with zero attached hydrogens (tertiary/aromatic N) is 2. The van der Waals surface area contributed by atoms with Gasteiger partial charge < -0.3 is 10.1 Å². The first-order valence-electron chi connectivity index (χ1n) is 10.8. The fourth-order valence-electron chi connectivity index (χ4n) is 3.58. The second-order valence-electron chi connectivity index (χ2n) is 7.63. The lowest BCUT2D eigenvalue weighted by Gasteiger charge is -2.04. The third-order valence-corrected chi connectivity index (χ3v) is 8.87. The summed E-state index contributed by atoms with van der Waals surface area (Å²) < 4.78 is 33.3. The first kappa shape index (κ1) is 24.0. The molecular weight excluding hydrogens is 517 g/mol. The van der Waals surface area contributed by atoms with Crippen molar-refractivity contribution in [2.75, 3.05) is 18.2 Å². The Hall–Kier alpha value is -3.67. The van der Waals surface area contributed by atoms with Gasteiger partial charge in [0.05, 0.1) is 18.6 Å². The number of amides is 1. The summed E-state index contributed by atoms with van der Waals surface area (Å²) in [6.07, 6.45) is 0. The van der Waals surface area contributed by atoms with Crippen molar-refractivity contribution in [3.63, 3.8) is 0 Å². The molecule has 5 rings (SSSR count). The summed E-state index contributed by atoms with van der Waals surface area (Å²) in [4.78, 5) is 20.5. The minimum atomic E-state index is -3.88. The van der Waals surface area contributed by atoms with Crippen molar-refractivity contribution in [1.82, 2.24) is 9.97 Å². The minimum absolute atomic E-state index is 0.00538. The van der Waals surface area contributed by atoms with Crippen molar-refractivity contribution in [1.29, 1.82) is 0 Å². The molecule has 0 fully saturated rings. The number of carbonyl (C=O) groups excluding carboxylic acids is 1. The molecule has 11 heteroatoms. The Balaban J connectivity index is 1.34. The number of carbonyl (C=O) groups is 1. The normalized spacial score (nSPS) is 11.5. The number of para-hydroxylation sites is 2. The first-order valence-corrected chi connectivity index (χ1v) is 14.1. The van der Waals surface area contributed by atoms with Crippen LogP contribution in [-0.2, 0) is 14.8 Å². The van der Waals surface area contributed by atoms with Gasteiger partial charge in [-0.15, -0.1) is 15.3 Å². The van der Waals surface area contributed by atoms with Gasteiger partial charge >= 0.3 is 15.2 Å². The van der Waals surface area contributed by atoms with E-state index in [1.807, 2.05) is 35.7 Å². The van der Waals surface area contributed by atoms with E-state index in [0.29, 0.717) is 21.3 Å². The molecule has 182 valence electrons. The number of thiazole rings is 1. The van der Waals surface area contributed by atoms with Crippen molar-refractivity contribution in [2.24, 2.45) is 0 Å². The van der Waals surface area contributed by atoms with E-state index in [9.17, 15) is 13.2 Å². The number of ether oxygens (including phenoxy) is 1. The number of aromatic nitrogens is 3. The SMILES string of the molecule is COc1ccc(-c2csc(NC(=O)CSc3[nH]c4ccccc4[n+]3S(=O)(=O)c3ccccc3)n2)cc1. The summed E-state index contributed by atoms with van der Waals surface area (Å²) in [6.45, 7) is 0. The number of hydrogen-bond donors (Lipinski definition) is 2. The van der Waals surface area contributed by atoms with Crippen LogP contribution in [0.4, 0.5) is 5.13 Å². The van der Waals surface area contributed by atoms with Gasteiger partial charge in [-0.1, -0.05) is 30.3 Å². The molecule has 0 unspecified atom stereocenters. The Morgan fingerprint density at radius 3 is 2.53 bits per heavy atom. The van der Waals surface area contributed by atoms with Crippen LogP contribution < -0.4 is 14.0 Å². The predicted octanol–water partition coefficient (Wildman–Crippen LogP) is 4.56. The van der Waals surface area contributed by atoms with Crippen molar-refractivity contribution < 1.29 is 21.9 Å². The van der Waals surface area contributed by atoms with Crippen LogP contribution in [0.1, 0.15) is 0 Å². The highest BCUT2D eigenvalue weighted by molar-refractivity contribution is 8.00.